The molecular formula is C13H19BrN2O2. The molecule has 0 bridgehead atoms. The van der Waals surface area contributed by atoms with Crippen molar-refractivity contribution < 1.29 is 4.92 Å². The van der Waals surface area contributed by atoms with Gasteiger partial charge in [0, 0.05) is 22.6 Å². The van der Waals surface area contributed by atoms with Crippen LogP contribution in [0.3, 0.4) is 0 Å². The molecule has 0 heterocycles. The van der Waals surface area contributed by atoms with Crippen molar-refractivity contribution in [3.05, 3.63) is 38.3 Å². The fraction of sp³-hybridized carbons (Fsp3) is 0.538. The number of halogens is 1. The number of nitrogens with one attached hydrogen (secondary N) is 1. The Morgan fingerprint density at radius 2 is 2.17 bits per heavy atom. The molecule has 0 fully saturated rings. The van der Waals surface area contributed by atoms with E-state index in [0.29, 0.717) is 12.0 Å². The predicted molar refractivity (Wildman–Crippen MR) is 76.8 cm³/mol. The van der Waals surface area contributed by atoms with Crippen molar-refractivity contribution in [2.75, 3.05) is 7.05 Å². The highest BCUT2D eigenvalue weighted by Gasteiger charge is 2.17. The standard InChI is InChI=1S/C13H19BrN2O2/c1-4-10(9(2)15-3)7-11-5-6-12(16(17)18)8-13(11)14/h5-6,8-10,15H,4,7H2,1-3H3. The zero-order valence-electron chi connectivity index (χ0n) is 10.9. The number of benzene rings is 1. The van der Waals surface area contributed by atoms with Crippen molar-refractivity contribution in [2.24, 2.45) is 5.92 Å². The SMILES string of the molecule is CCC(Cc1ccc([N+](=O)[O-])cc1Br)C(C)NC. The van der Waals surface area contributed by atoms with Crippen molar-refractivity contribution in [3.63, 3.8) is 0 Å². The van der Waals surface area contributed by atoms with E-state index in [-0.39, 0.29) is 10.6 Å². The lowest BCUT2D eigenvalue weighted by atomic mass is 9.91. The second-order valence-corrected chi connectivity index (χ2v) is 5.34. The monoisotopic (exact) mass is 314 g/mol. The summed E-state index contributed by atoms with van der Waals surface area (Å²) < 4.78 is 0.818. The van der Waals surface area contributed by atoms with Crippen LogP contribution in [0.1, 0.15) is 25.8 Å². The summed E-state index contributed by atoms with van der Waals surface area (Å²) in [7, 11) is 1.96. The van der Waals surface area contributed by atoms with E-state index in [2.05, 4.69) is 35.1 Å². The molecule has 5 heteroatoms. The molecule has 0 aromatic heterocycles. The number of nitro benzene ring substituents is 1. The smallest absolute Gasteiger partial charge is 0.270 e. The minimum atomic E-state index is -0.373. The van der Waals surface area contributed by atoms with E-state index >= 15 is 0 Å². The molecule has 0 saturated carbocycles. The van der Waals surface area contributed by atoms with E-state index in [1.165, 1.54) is 0 Å². The normalized spacial score (nSPS) is 14.2. The van der Waals surface area contributed by atoms with Crippen molar-refractivity contribution in [1.82, 2.24) is 5.32 Å². The molecule has 0 aliphatic carbocycles. The Balaban J connectivity index is 2.87. The maximum atomic E-state index is 10.7. The van der Waals surface area contributed by atoms with Gasteiger partial charge >= 0.3 is 0 Å². The number of non-ortho nitro benzene ring substituents is 1. The van der Waals surface area contributed by atoms with Gasteiger partial charge in [-0.15, -0.1) is 0 Å². The first-order chi connectivity index (χ1) is 8.49. The molecule has 0 aliphatic heterocycles. The van der Waals surface area contributed by atoms with E-state index in [0.717, 1.165) is 22.9 Å². The second kappa shape index (κ2) is 6.85. The van der Waals surface area contributed by atoms with Crippen LogP contribution in [0.25, 0.3) is 0 Å². The third kappa shape index (κ3) is 3.78. The van der Waals surface area contributed by atoms with Gasteiger partial charge in [0.25, 0.3) is 5.69 Å². The number of hydrogen-bond donors (Lipinski definition) is 1. The molecule has 100 valence electrons. The fourth-order valence-electron chi connectivity index (χ4n) is 2.01. The molecule has 0 aliphatic rings. The van der Waals surface area contributed by atoms with E-state index in [4.69, 9.17) is 0 Å². The molecule has 2 atom stereocenters. The summed E-state index contributed by atoms with van der Waals surface area (Å²) in [5.74, 6) is 0.521. The second-order valence-electron chi connectivity index (χ2n) is 4.48. The van der Waals surface area contributed by atoms with Gasteiger partial charge in [-0.05, 0) is 31.9 Å². The summed E-state index contributed by atoms with van der Waals surface area (Å²) >= 11 is 3.42. The maximum Gasteiger partial charge on any atom is 0.270 e. The molecule has 4 nitrogen and oxygen atoms in total. The molecule has 0 spiro atoms. The lowest BCUT2D eigenvalue weighted by Gasteiger charge is -2.22. The average Bonchev–Trinajstić information content (AvgIpc) is 2.36. The summed E-state index contributed by atoms with van der Waals surface area (Å²) in [6.45, 7) is 4.32. The summed E-state index contributed by atoms with van der Waals surface area (Å²) in [6, 6.07) is 5.41. The van der Waals surface area contributed by atoms with E-state index in [9.17, 15) is 10.1 Å². The summed E-state index contributed by atoms with van der Waals surface area (Å²) in [4.78, 5) is 10.3. The molecule has 1 N–H and O–H groups in total. The van der Waals surface area contributed by atoms with Gasteiger partial charge in [-0.3, -0.25) is 10.1 Å². The Bertz CT molecular complexity index is 423. The van der Waals surface area contributed by atoms with E-state index in [1.807, 2.05) is 13.1 Å². The Hall–Kier alpha value is -0.940. The van der Waals surface area contributed by atoms with Gasteiger partial charge in [0.15, 0.2) is 0 Å². The third-order valence-electron chi connectivity index (χ3n) is 3.42. The first-order valence-corrected chi connectivity index (χ1v) is 6.89. The molecular weight excluding hydrogens is 296 g/mol. The zero-order valence-corrected chi connectivity index (χ0v) is 12.5. The summed E-state index contributed by atoms with van der Waals surface area (Å²) in [5.41, 5.74) is 1.25. The molecule has 18 heavy (non-hydrogen) atoms. The number of nitro groups is 1. The van der Waals surface area contributed by atoms with Crippen molar-refractivity contribution in [2.45, 2.75) is 32.7 Å². The quantitative estimate of drug-likeness (QED) is 0.645. The largest absolute Gasteiger partial charge is 0.317 e. The van der Waals surface area contributed by atoms with Crippen LogP contribution in [0.4, 0.5) is 5.69 Å². The van der Waals surface area contributed by atoms with Crippen LogP contribution < -0.4 is 5.32 Å². The topological polar surface area (TPSA) is 55.2 Å². The number of rotatable bonds is 6. The minimum absolute atomic E-state index is 0.125. The lowest BCUT2D eigenvalue weighted by molar-refractivity contribution is -0.384. The van der Waals surface area contributed by atoms with Crippen LogP contribution in [-0.4, -0.2) is 18.0 Å². The molecule has 1 aromatic carbocycles. The van der Waals surface area contributed by atoms with Gasteiger partial charge in [-0.1, -0.05) is 35.3 Å². The molecule has 0 amide bonds. The van der Waals surface area contributed by atoms with Crippen LogP contribution in [0.5, 0.6) is 0 Å². The third-order valence-corrected chi connectivity index (χ3v) is 4.15. The van der Waals surface area contributed by atoms with Crippen LogP contribution in [0, 0.1) is 16.0 Å². The predicted octanol–water partition coefficient (Wildman–Crippen LogP) is 3.53. The molecule has 0 radical (unpaired) electrons. The highest BCUT2D eigenvalue weighted by Crippen LogP contribution is 2.26. The Morgan fingerprint density at radius 3 is 2.61 bits per heavy atom. The fourth-order valence-corrected chi connectivity index (χ4v) is 2.54. The van der Waals surface area contributed by atoms with Gasteiger partial charge in [0.05, 0.1) is 4.92 Å². The lowest BCUT2D eigenvalue weighted by Crippen LogP contribution is -2.31. The molecule has 0 saturated heterocycles. The zero-order chi connectivity index (χ0) is 13.7. The van der Waals surface area contributed by atoms with Gasteiger partial charge in [-0.25, -0.2) is 0 Å². The van der Waals surface area contributed by atoms with Crippen molar-refractivity contribution >= 4 is 21.6 Å². The van der Waals surface area contributed by atoms with Crippen LogP contribution in [0.2, 0.25) is 0 Å². The average molecular weight is 315 g/mol. The van der Waals surface area contributed by atoms with Gasteiger partial charge in [0.1, 0.15) is 0 Å². The highest BCUT2D eigenvalue weighted by molar-refractivity contribution is 9.10. The van der Waals surface area contributed by atoms with Gasteiger partial charge < -0.3 is 5.32 Å². The Labute approximate surface area is 116 Å². The minimum Gasteiger partial charge on any atom is -0.317 e. The number of hydrogen-bond acceptors (Lipinski definition) is 3. The van der Waals surface area contributed by atoms with Gasteiger partial charge in [0.2, 0.25) is 0 Å². The van der Waals surface area contributed by atoms with Crippen molar-refractivity contribution in [3.8, 4) is 0 Å². The first kappa shape index (κ1) is 15.1. The Morgan fingerprint density at radius 1 is 1.50 bits per heavy atom. The van der Waals surface area contributed by atoms with E-state index in [1.54, 1.807) is 12.1 Å². The van der Waals surface area contributed by atoms with Crippen LogP contribution >= 0.6 is 15.9 Å². The first-order valence-electron chi connectivity index (χ1n) is 6.09. The van der Waals surface area contributed by atoms with Crippen LogP contribution in [0.15, 0.2) is 22.7 Å². The molecule has 1 rings (SSSR count). The van der Waals surface area contributed by atoms with Crippen LogP contribution in [-0.2, 0) is 6.42 Å². The van der Waals surface area contributed by atoms with E-state index < -0.39 is 0 Å². The summed E-state index contributed by atoms with van der Waals surface area (Å²) in [5, 5.41) is 13.9. The Kier molecular flexibility index (Phi) is 5.75. The maximum absolute atomic E-state index is 10.7. The molecule has 1 aromatic rings. The molecule has 2 unspecified atom stereocenters. The highest BCUT2D eigenvalue weighted by atomic mass is 79.9. The van der Waals surface area contributed by atoms with Crippen molar-refractivity contribution in [1.29, 1.82) is 0 Å². The number of nitrogens with zero attached hydrogens (tertiary/aromatic N) is 1. The summed E-state index contributed by atoms with van der Waals surface area (Å²) in [6.07, 6.45) is 1.99. The van der Waals surface area contributed by atoms with Gasteiger partial charge in [-0.2, -0.15) is 0 Å².